The Morgan fingerprint density at radius 3 is 2.56 bits per heavy atom. The summed E-state index contributed by atoms with van der Waals surface area (Å²) < 4.78 is 5.27. The summed E-state index contributed by atoms with van der Waals surface area (Å²) in [6, 6.07) is 0.395. The van der Waals surface area contributed by atoms with E-state index in [1.54, 1.807) is 11.8 Å². The standard InChI is InChI=1S/C12H23NO2S/c1-5-15-11(14)10(13-9-6-7-9)8-16-12(2,3)4/h9-10,13H,5-8H2,1-4H3. The third-order valence-electron chi connectivity index (χ3n) is 2.27. The molecule has 4 heteroatoms. The van der Waals surface area contributed by atoms with Gasteiger partial charge in [0.15, 0.2) is 0 Å². The average Bonchev–Trinajstić information content (AvgIpc) is 2.94. The molecule has 0 aromatic rings. The molecule has 1 rings (SSSR count). The number of ether oxygens (including phenoxy) is 1. The van der Waals surface area contributed by atoms with Crippen molar-refractivity contribution in [3.8, 4) is 0 Å². The molecule has 16 heavy (non-hydrogen) atoms. The van der Waals surface area contributed by atoms with Crippen LogP contribution in [-0.2, 0) is 9.53 Å². The molecule has 94 valence electrons. The van der Waals surface area contributed by atoms with Crippen molar-refractivity contribution < 1.29 is 9.53 Å². The first-order valence-electron chi connectivity index (χ1n) is 5.99. The van der Waals surface area contributed by atoms with Crippen molar-refractivity contribution in [2.24, 2.45) is 0 Å². The third kappa shape index (κ3) is 5.75. The van der Waals surface area contributed by atoms with E-state index in [1.165, 1.54) is 12.8 Å². The van der Waals surface area contributed by atoms with E-state index in [0.717, 1.165) is 5.75 Å². The summed E-state index contributed by atoms with van der Waals surface area (Å²) >= 11 is 1.80. The third-order valence-corrected chi connectivity index (χ3v) is 3.63. The van der Waals surface area contributed by atoms with E-state index in [0.29, 0.717) is 12.6 Å². The van der Waals surface area contributed by atoms with Crippen LogP contribution in [0, 0.1) is 0 Å². The van der Waals surface area contributed by atoms with E-state index in [9.17, 15) is 4.79 Å². The maximum absolute atomic E-state index is 11.7. The highest BCUT2D eigenvalue weighted by Gasteiger charge is 2.30. The molecular formula is C12H23NO2S. The van der Waals surface area contributed by atoms with E-state index >= 15 is 0 Å². The van der Waals surface area contributed by atoms with Gasteiger partial charge in [0, 0.05) is 16.5 Å². The highest BCUT2D eigenvalue weighted by atomic mass is 32.2. The van der Waals surface area contributed by atoms with Crippen molar-refractivity contribution in [1.82, 2.24) is 5.32 Å². The zero-order valence-corrected chi connectivity index (χ0v) is 11.5. The van der Waals surface area contributed by atoms with Gasteiger partial charge in [0.05, 0.1) is 6.61 Å². The second-order valence-corrected chi connectivity index (χ2v) is 7.02. The van der Waals surface area contributed by atoms with Gasteiger partial charge in [-0.05, 0) is 19.8 Å². The van der Waals surface area contributed by atoms with Gasteiger partial charge >= 0.3 is 5.97 Å². The summed E-state index contributed by atoms with van der Waals surface area (Å²) in [4.78, 5) is 11.7. The Hall–Kier alpha value is -0.220. The van der Waals surface area contributed by atoms with Crippen LogP contribution in [-0.4, -0.2) is 35.2 Å². The lowest BCUT2D eigenvalue weighted by Gasteiger charge is -2.22. The van der Waals surface area contributed by atoms with Crippen LogP contribution >= 0.6 is 11.8 Å². The average molecular weight is 245 g/mol. The van der Waals surface area contributed by atoms with Crippen LogP contribution in [0.15, 0.2) is 0 Å². The van der Waals surface area contributed by atoms with E-state index in [1.807, 2.05) is 6.92 Å². The van der Waals surface area contributed by atoms with Gasteiger partial charge in [-0.25, -0.2) is 0 Å². The van der Waals surface area contributed by atoms with Crippen LogP contribution in [0.5, 0.6) is 0 Å². The summed E-state index contributed by atoms with van der Waals surface area (Å²) in [5.74, 6) is 0.685. The van der Waals surface area contributed by atoms with Gasteiger partial charge in [0.25, 0.3) is 0 Å². The van der Waals surface area contributed by atoms with E-state index < -0.39 is 0 Å². The molecule has 3 nitrogen and oxygen atoms in total. The molecule has 0 aromatic heterocycles. The monoisotopic (exact) mass is 245 g/mol. The van der Waals surface area contributed by atoms with Gasteiger partial charge in [-0.15, -0.1) is 0 Å². The van der Waals surface area contributed by atoms with Crippen molar-refractivity contribution >= 4 is 17.7 Å². The van der Waals surface area contributed by atoms with Gasteiger partial charge in [0.1, 0.15) is 6.04 Å². The van der Waals surface area contributed by atoms with Crippen LogP contribution in [0.2, 0.25) is 0 Å². The molecule has 0 saturated heterocycles. The fourth-order valence-corrected chi connectivity index (χ4v) is 2.19. The maximum Gasteiger partial charge on any atom is 0.323 e. The molecule has 1 fully saturated rings. The first-order chi connectivity index (χ1) is 7.42. The number of esters is 1. The van der Waals surface area contributed by atoms with Crippen LogP contribution in [0.1, 0.15) is 40.5 Å². The molecule has 0 bridgehead atoms. The molecule has 0 aliphatic heterocycles. The van der Waals surface area contributed by atoms with Gasteiger partial charge in [-0.1, -0.05) is 20.8 Å². The van der Waals surface area contributed by atoms with Crippen molar-refractivity contribution in [3.05, 3.63) is 0 Å². The molecule has 0 radical (unpaired) electrons. The molecule has 1 N–H and O–H groups in total. The molecule has 0 heterocycles. The topological polar surface area (TPSA) is 38.3 Å². The SMILES string of the molecule is CCOC(=O)C(CSC(C)(C)C)NC1CC1. The Labute approximate surface area is 103 Å². The molecule has 1 unspecified atom stereocenters. The minimum atomic E-state index is -0.142. The fourth-order valence-electron chi connectivity index (χ4n) is 1.29. The quantitative estimate of drug-likeness (QED) is 0.728. The van der Waals surface area contributed by atoms with E-state index in [-0.39, 0.29) is 16.8 Å². The lowest BCUT2D eigenvalue weighted by atomic mass is 10.3. The smallest absolute Gasteiger partial charge is 0.323 e. The molecule has 0 amide bonds. The maximum atomic E-state index is 11.7. The normalized spacial score (nSPS) is 18.2. The second-order valence-electron chi connectivity index (χ2n) is 5.17. The Balaban J connectivity index is 2.39. The first-order valence-corrected chi connectivity index (χ1v) is 6.97. The van der Waals surface area contributed by atoms with Crippen molar-refractivity contribution in [2.45, 2.75) is 57.4 Å². The van der Waals surface area contributed by atoms with E-state index in [4.69, 9.17) is 4.74 Å². The summed E-state index contributed by atoms with van der Waals surface area (Å²) in [6.07, 6.45) is 2.38. The Morgan fingerprint density at radius 1 is 1.50 bits per heavy atom. The summed E-state index contributed by atoms with van der Waals surface area (Å²) in [6.45, 7) is 8.80. The van der Waals surface area contributed by atoms with Gasteiger partial charge in [-0.2, -0.15) is 11.8 Å². The number of hydrogen-bond donors (Lipinski definition) is 1. The second kappa shape index (κ2) is 5.92. The predicted molar refractivity (Wildman–Crippen MR) is 68.8 cm³/mol. The minimum absolute atomic E-state index is 0.105. The van der Waals surface area contributed by atoms with Crippen molar-refractivity contribution in [2.75, 3.05) is 12.4 Å². The van der Waals surface area contributed by atoms with Gasteiger partial charge in [-0.3, -0.25) is 4.79 Å². The zero-order chi connectivity index (χ0) is 12.2. The minimum Gasteiger partial charge on any atom is -0.465 e. The molecule has 1 saturated carbocycles. The largest absolute Gasteiger partial charge is 0.465 e. The molecule has 0 aromatic carbocycles. The number of carbonyl (C=O) groups excluding carboxylic acids is 1. The number of thioether (sulfide) groups is 1. The summed E-state index contributed by atoms with van der Waals surface area (Å²) in [5.41, 5.74) is 0. The van der Waals surface area contributed by atoms with Gasteiger partial charge < -0.3 is 10.1 Å². The van der Waals surface area contributed by atoms with Crippen LogP contribution < -0.4 is 5.32 Å². The zero-order valence-electron chi connectivity index (χ0n) is 10.7. The molecule has 1 atom stereocenters. The molecule has 0 spiro atoms. The van der Waals surface area contributed by atoms with Crippen LogP contribution in [0.3, 0.4) is 0 Å². The molecule has 1 aliphatic carbocycles. The Bertz CT molecular complexity index is 234. The van der Waals surface area contributed by atoms with Crippen molar-refractivity contribution in [1.29, 1.82) is 0 Å². The predicted octanol–water partition coefficient (Wildman–Crippen LogP) is 2.20. The van der Waals surface area contributed by atoms with Crippen LogP contribution in [0.4, 0.5) is 0 Å². The number of rotatable bonds is 6. The lowest BCUT2D eigenvalue weighted by molar-refractivity contribution is -0.145. The van der Waals surface area contributed by atoms with Crippen molar-refractivity contribution in [3.63, 3.8) is 0 Å². The first kappa shape index (κ1) is 13.8. The lowest BCUT2D eigenvalue weighted by Crippen LogP contribution is -2.42. The number of hydrogen-bond acceptors (Lipinski definition) is 4. The fraction of sp³-hybridized carbons (Fsp3) is 0.917. The van der Waals surface area contributed by atoms with Gasteiger partial charge in [0.2, 0.25) is 0 Å². The van der Waals surface area contributed by atoms with E-state index in [2.05, 4.69) is 26.1 Å². The number of carbonyl (C=O) groups is 1. The molecular weight excluding hydrogens is 222 g/mol. The summed E-state index contributed by atoms with van der Waals surface area (Å²) in [7, 11) is 0. The highest BCUT2D eigenvalue weighted by Crippen LogP contribution is 2.26. The highest BCUT2D eigenvalue weighted by molar-refractivity contribution is 8.00. The number of nitrogens with one attached hydrogen (secondary N) is 1. The summed E-state index contributed by atoms with van der Waals surface area (Å²) in [5, 5.41) is 3.35. The molecule has 1 aliphatic rings. The van der Waals surface area contributed by atoms with Crippen LogP contribution in [0.25, 0.3) is 0 Å². The Morgan fingerprint density at radius 2 is 2.12 bits per heavy atom. The Kier molecular flexibility index (Phi) is 5.12.